The molecule has 1 N–H and O–H groups in total. The molecule has 2 aliphatic rings. The van der Waals surface area contributed by atoms with Gasteiger partial charge in [-0.1, -0.05) is 15.9 Å². The molecule has 0 saturated carbocycles. The summed E-state index contributed by atoms with van der Waals surface area (Å²) in [5.41, 5.74) is 1.42. The lowest BCUT2D eigenvalue weighted by molar-refractivity contribution is 0.156. The molecule has 3 rings (SSSR count). The van der Waals surface area contributed by atoms with Crippen molar-refractivity contribution >= 4 is 45.9 Å². The summed E-state index contributed by atoms with van der Waals surface area (Å²) in [5.74, 6) is 1.86. The summed E-state index contributed by atoms with van der Waals surface area (Å²) in [7, 11) is 1.70. The number of ether oxygens (including phenoxy) is 2. The number of guanidine groups is 1. The first-order valence-electron chi connectivity index (χ1n) is 8.59. The first-order chi connectivity index (χ1) is 11.7. The van der Waals surface area contributed by atoms with Crippen LogP contribution in [0.25, 0.3) is 0 Å². The lowest BCUT2D eigenvalue weighted by atomic mass is 9.87. The molecule has 0 bridgehead atoms. The van der Waals surface area contributed by atoms with E-state index in [2.05, 4.69) is 39.1 Å². The number of benzene rings is 1. The van der Waals surface area contributed by atoms with E-state index in [0.717, 1.165) is 54.6 Å². The minimum absolute atomic E-state index is 0. The molecule has 1 atom stereocenters. The number of hydrogen-bond acceptors (Lipinski definition) is 3. The molecule has 5 nitrogen and oxygen atoms in total. The summed E-state index contributed by atoms with van der Waals surface area (Å²) in [6.45, 7) is 7.46. The molecule has 7 heteroatoms. The van der Waals surface area contributed by atoms with E-state index in [4.69, 9.17) is 14.5 Å². The zero-order valence-corrected chi connectivity index (χ0v) is 18.8. The molecule has 2 saturated heterocycles. The van der Waals surface area contributed by atoms with E-state index < -0.39 is 0 Å². The third kappa shape index (κ3) is 5.01. The highest BCUT2D eigenvalue weighted by atomic mass is 127. The summed E-state index contributed by atoms with van der Waals surface area (Å²) in [6.07, 6.45) is 2.36. The van der Waals surface area contributed by atoms with E-state index in [1.807, 2.05) is 12.1 Å². The van der Waals surface area contributed by atoms with Crippen molar-refractivity contribution in [1.82, 2.24) is 10.2 Å². The molecule has 1 unspecified atom stereocenters. The Balaban J connectivity index is 0.00000225. The summed E-state index contributed by atoms with van der Waals surface area (Å²) in [5, 5.41) is 3.44. The molecule has 0 radical (unpaired) electrons. The van der Waals surface area contributed by atoms with Crippen LogP contribution in [0.4, 0.5) is 0 Å². The summed E-state index contributed by atoms with van der Waals surface area (Å²) in [4.78, 5) is 7.24. The maximum absolute atomic E-state index is 5.63. The van der Waals surface area contributed by atoms with Gasteiger partial charge < -0.3 is 19.7 Å². The molecule has 1 spiro atoms. The van der Waals surface area contributed by atoms with Gasteiger partial charge in [0.25, 0.3) is 0 Å². The van der Waals surface area contributed by atoms with Crippen molar-refractivity contribution in [3.8, 4) is 5.75 Å². The van der Waals surface area contributed by atoms with Gasteiger partial charge in [-0.25, -0.2) is 4.99 Å². The Hall–Kier alpha value is -0.540. The van der Waals surface area contributed by atoms with Crippen LogP contribution in [0.1, 0.15) is 25.3 Å². The Morgan fingerprint density at radius 3 is 2.96 bits per heavy atom. The number of nitrogens with zero attached hydrogens (tertiary/aromatic N) is 2. The van der Waals surface area contributed by atoms with Gasteiger partial charge in [0.1, 0.15) is 5.75 Å². The Morgan fingerprint density at radius 2 is 2.28 bits per heavy atom. The fourth-order valence-corrected chi connectivity index (χ4v) is 3.95. The standard InChI is InChI=1S/C18H26BrN3O2.HI/c1-3-20-17(22-8-6-18(12-22)7-9-24-13-18)21-11-14-10-15(19)4-5-16(14)23-2;/h4-5,10H,3,6-9,11-13H2,1-2H3,(H,20,21);1H. The molecule has 1 aromatic carbocycles. The number of rotatable bonds is 4. The van der Waals surface area contributed by atoms with Gasteiger partial charge in [-0.05, 0) is 38.0 Å². The SMILES string of the molecule is CCNC(=NCc1cc(Br)ccc1OC)N1CCC2(CCOC2)C1.I. The first kappa shape index (κ1) is 20.8. The van der Waals surface area contributed by atoms with Crippen LogP contribution in [0, 0.1) is 5.41 Å². The Morgan fingerprint density at radius 1 is 1.44 bits per heavy atom. The van der Waals surface area contributed by atoms with E-state index >= 15 is 0 Å². The molecule has 2 heterocycles. The highest BCUT2D eigenvalue weighted by molar-refractivity contribution is 14.0. The molecular formula is C18H27BrIN3O2. The average molecular weight is 524 g/mol. The largest absolute Gasteiger partial charge is 0.496 e. The van der Waals surface area contributed by atoms with Crippen LogP contribution in [0.2, 0.25) is 0 Å². The highest BCUT2D eigenvalue weighted by Gasteiger charge is 2.42. The van der Waals surface area contributed by atoms with E-state index in [1.165, 1.54) is 12.8 Å². The maximum atomic E-state index is 5.63. The Labute approximate surface area is 175 Å². The van der Waals surface area contributed by atoms with E-state index in [0.29, 0.717) is 12.0 Å². The minimum Gasteiger partial charge on any atom is -0.496 e. The Kier molecular flexibility index (Phi) is 7.82. The first-order valence-corrected chi connectivity index (χ1v) is 9.38. The van der Waals surface area contributed by atoms with Crippen LogP contribution in [0.15, 0.2) is 27.7 Å². The van der Waals surface area contributed by atoms with Crippen LogP contribution >= 0.6 is 39.9 Å². The second-order valence-corrected chi connectivity index (χ2v) is 7.52. The number of hydrogen-bond donors (Lipinski definition) is 1. The van der Waals surface area contributed by atoms with Crippen LogP contribution in [-0.2, 0) is 11.3 Å². The molecular weight excluding hydrogens is 497 g/mol. The van der Waals surface area contributed by atoms with Crippen LogP contribution < -0.4 is 10.1 Å². The van der Waals surface area contributed by atoms with E-state index in [-0.39, 0.29) is 24.0 Å². The molecule has 1 aromatic rings. The predicted octanol–water partition coefficient (Wildman–Crippen LogP) is 3.65. The van der Waals surface area contributed by atoms with Crippen LogP contribution in [-0.4, -0.2) is 50.8 Å². The molecule has 0 aliphatic carbocycles. The zero-order valence-electron chi connectivity index (χ0n) is 14.9. The molecule has 140 valence electrons. The summed E-state index contributed by atoms with van der Waals surface area (Å²) in [6, 6.07) is 6.03. The normalized spacial score (nSPS) is 23.0. The molecule has 2 fully saturated rings. The third-order valence-corrected chi connectivity index (χ3v) is 5.39. The molecule has 0 amide bonds. The fourth-order valence-electron chi connectivity index (χ4n) is 3.54. The van der Waals surface area contributed by atoms with Crippen molar-refractivity contribution in [2.24, 2.45) is 10.4 Å². The van der Waals surface area contributed by atoms with Crippen molar-refractivity contribution in [2.45, 2.75) is 26.3 Å². The van der Waals surface area contributed by atoms with Gasteiger partial charge in [0.05, 0.1) is 20.3 Å². The van der Waals surface area contributed by atoms with Gasteiger partial charge in [0.15, 0.2) is 5.96 Å². The topological polar surface area (TPSA) is 46.1 Å². The third-order valence-electron chi connectivity index (χ3n) is 4.90. The van der Waals surface area contributed by atoms with Crippen LogP contribution in [0.3, 0.4) is 0 Å². The smallest absolute Gasteiger partial charge is 0.194 e. The summed E-state index contributed by atoms with van der Waals surface area (Å²) >= 11 is 3.53. The van der Waals surface area contributed by atoms with E-state index in [1.54, 1.807) is 7.11 Å². The average Bonchev–Trinajstić information content (AvgIpc) is 3.22. The number of aliphatic imine (C=N–C) groups is 1. The van der Waals surface area contributed by atoms with Crippen molar-refractivity contribution in [3.05, 3.63) is 28.2 Å². The van der Waals surface area contributed by atoms with Gasteiger partial charge in [-0.3, -0.25) is 0 Å². The summed E-state index contributed by atoms with van der Waals surface area (Å²) < 4.78 is 12.1. The predicted molar refractivity (Wildman–Crippen MR) is 115 cm³/mol. The Bertz CT molecular complexity index is 606. The lowest BCUT2D eigenvalue weighted by Crippen LogP contribution is -2.41. The molecule has 2 aliphatic heterocycles. The zero-order chi connectivity index (χ0) is 17.0. The van der Waals surface area contributed by atoms with Crippen molar-refractivity contribution < 1.29 is 9.47 Å². The van der Waals surface area contributed by atoms with Gasteiger partial charge in [0, 0.05) is 41.7 Å². The number of likely N-dealkylation sites (tertiary alicyclic amines) is 1. The van der Waals surface area contributed by atoms with E-state index in [9.17, 15) is 0 Å². The fraction of sp³-hybridized carbons (Fsp3) is 0.611. The number of nitrogens with one attached hydrogen (secondary N) is 1. The monoisotopic (exact) mass is 523 g/mol. The van der Waals surface area contributed by atoms with Gasteiger partial charge in [-0.2, -0.15) is 0 Å². The van der Waals surface area contributed by atoms with Crippen molar-refractivity contribution in [1.29, 1.82) is 0 Å². The maximum Gasteiger partial charge on any atom is 0.194 e. The highest BCUT2D eigenvalue weighted by Crippen LogP contribution is 2.38. The second-order valence-electron chi connectivity index (χ2n) is 6.60. The number of halogens is 2. The number of methoxy groups -OCH3 is 1. The minimum atomic E-state index is 0. The molecule has 25 heavy (non-hydrogen) atoms. The molecule has 0 aromatic heterocycles. The van der Waals surface area contributed by atoms with Crippen molar-refractivity contribution in [2.75, 3.05) is 40.0 Å². The second kappa shape index (κ2) is 9.41. The quantitative estimate of drug-likeness (QED) is 0.372. The van der Waals surface area contributed by atoms with Gasteiger partial charge in [0.2, 0.25) is 0 Å². The van der Waals surface area contributed by atoms with Crippen molar-refractivity contribution in [3.63, 3.8) is 0 Å². The van der Waals surface area contributed by atoms with Crippen LogP contribution in [0.5, 0.6) is 5.75 Å². The lowest BCUT2D eigenvalue weighted by Gasteiger charge is -2.25. The van der Waals surface area contributed by atoms with Gasteiger partial charge >= 0.3 is 0 Å². The van der Waals surface area contributed by atoms with Gasteiger partial charge in [-0.15, -0.1) is 24.0 Å².